The Morgan fingerprint density at radius 2 is 2.58 bits per heavy atom. The fourth-order valence-electron chi connectivity index (χ4n) is 1.01. The van der Waals surface area contributed by atoms with Gasteiger partial charge < -0.3 is 0 Å². The Morgan fingerprint density at radius 1 is 1.83 bits per heavy atom. The summed E-state index contributed by atoms with van der Waals surface area (Å²) < 4.78 is 0. The van der Waals surface area contributed by atoms with Crippen LogP contribution in [0.3, 0.4) is 0 Å². The molecule has 12 heavy (non-hydrogen) atoms. The van der Waals surface area contributed by atoms with E-state index in [-0.39, 0.29) is 6.04 Å². The molecule has 1 heterocycles. The first kappa shape index (κ1) is 9.03. The molecule has 0 amide bonds. The van der Waals surface area contributed by atoms with E-state index in [1.165, 1.54) is 0 Å². The molecule has 0 radical (unpaired) electrons. The summed E-state index contributed by atoms with van der Waals surface area (Å²) in [5.41, 5.74) is 11.0. The van der Waals surface area contributed by atoms with E-state index in [1.807, 2.05) is 13.8 Å². The van der Waals surface area contributed by atoms with Crippen LogP contribution in [0, 0.1) is 6.92 Å². The van der Waals surface area contributed by atoms with Crippen LogP contribution in [0.25, 0.3) is 10.4 Å². The van der Waals surface area contributed by atoms with E-state index in [0.29, 0.717) is 0 Å². The number of hydrogen-bond donors (Lipinski definition) is 0. The molecule has 5 heteroatoms. The number of thiazole rings is 1. The first-order chi connectivity index (χ1) is 5.79. The van der Waals surface area contributed by atoms with Gasteiger partial charge >= 0.3 is 0 Å². The van der Waals surface area contributed by atoms with Gasteiger partial charge in [0.2, 0.25) is 0 Å². The summed E-state index contributed by atoms with van der Waals surface area (Å²) in [6.45, 7) is 3.93. The third kappa shape index (κ3) is 1.75. The van der Waals surface area contributed by atoms with Crippen molar-refractivity contribution in [3.63, 3.8) is 0 Å². The summed E-state index contributed by atoms with van der Waals surface area (Å²) in [6.07, 6.45) is 0.826. The molecule has 1 aromatic heterocycles. The molecule has 4 nitrogen and oxygen atoms in total. The summed E-state index contributed by atoms with van der Waals surface area (Å²) in [7, 11) is 0. The average molecular weight is 182 g/mol. The minimum Gasteiger partial charge on any atom is -0.250 e. The van der Waals surface area contributed by atoms with E-state index in [0.717, 1.165) is 17.0 Å². The van der Waals surface area contributed by atoms with Crippen LogP contribution >= 0.6 is 11.3 Å². The molecule has 0 aliphatic carbocycles. The molecular formula is C7H10N4S. The number of hydrogen-bond acceptors (Lipinski definition) is 3. The lowest BCUT2D eigenvalue weighted by atomic mass is 10.2. The lowest BCUT2D eigenvalue weighted by Gasteiger charge is -2.04. The van der Waals surface area contributed by atoms with Crippen LogP contribution < -0.4 is 0 Å². The first-order valence-corrected chi connectivity index (χ1v) is 4.61. The van der Waals surface area contributed by atoms with E-state index in [2.05, 4.69) is 15.0 Å². The lowest BCUT2D eigenvalue weighted by molar-refractivity contribution is 0.699. The highest BCUT2D eigenvalue weighted by atomic mass is 32.1. The van der Waals surface area contributed by atoms with Crippen molar-refractivity contribution in [2.75, 3.05) is 0 Å². The summed E-state index contributed by atoms with van der Waals surface area (Å²) in [5, 5.41) is 3.70. The third-order valence-corrected chi connectivity index (χ3v) is 2.70. The fourth-order valence-corrected chi connectivity index (χ4v) is 1.93. The predicted molar refractivity (Wildman–Crippen MR) is 49.0 cm³/mol. The van der Waals surface area contributed by atoms with Crippen molar-refractivity contribution in [3.05, 3.63) is 26.5 Å². The molecule has 0 saturated carbocycles. The molecule has 0 spiro atoms. The molecule has 0 fully saturated rings. The maximum absolute atomic E-state index is 8.30. The highest BCUT2D eigenvalue weighted by molar-refractivity contribution is 7.09. The van der Waals surface area contributed by atoms with Crippen LogP contribution in [0.2, 0.25) is 0 Å². The minimum absolute atomic E-state index is 0.0394. The van der Waals surface area contributed by atoms with Gasteiger partial charge in [0, 0.05) is 9.79 Å². The Kier molecular flexibility index (Phi) is 3.08. The monoisotopic (exact) mass is 182 g/mol. The highest BCUT2D eigenvalue weighted by Crippen LogP contribution is 2.27. The molecule has 0 saturated heterocycles. The van der Waals surface area contributed by atoms with Crippen LogP contribution in [0.15, 0.2) is 10.6 Å². The van der Waals surface area contributed by atoms with Crippen molar-refractivity contribution >= 4 is 11.3 Å². The summed E-state index contributed by atoms with van der Waals surface area (Å²) in [6, 6.07) is -0.0394. The normalized spacial score (nSPS) is 12.2. The van der Waals surface area contributed by atoms with Crippen molar-refractivity contribution in [2.24, 2.45) is 5.11 Å². The number of aryl methyl sites for hydroxylation is 1. The fraction of sp³-hybridized carbons (Fsp3) is 0.571. The van der Waals surface area contributed by atoms with Crippen molar-refractivity contribution < 1.29 is 0 Å². The summed E-state index contributed by atoms with van der Waals surface area (Å²) in [5.74, 6) is 0. The maximum Gasteiger partial charge on any atom is 0.0797 e. The van der Waals surface area contributed by atoms with E-state index >= 15 is 0 Å². The molecule has 1 rings (SSSR count). The zero-order chi connectivity index (χ0) is 8.97. The van der Waals surface area contributed by atoms with Gasteiger partial charge in [-0.3, -0.25) is 0 Å². The number of rotatable bonds is 3. The van der Waals surface area contributed by atoms with Gasteiger partial charge in [0.05, 0.1) is 17.2 Å². The lowest BCUT2D eigenvalue weighted by Crippen LogP contribution is -1.91. The maximum atomic E-state index is 8.30. The largest absolute Gasteiger partial charge is 0.250 e. The van der Waals surface area contributed by atoms with Crippen molar-refractivity contribution in [1.29, 1.82) is 0 Å². The molecule has 1 unspecified atom stereocenters. The van der Waals surface area contributed by atoms with Gasteiger partial charge in [0.1, 0.15) is 0 Å². The van der Waals surface area contributed by atoms with Crippen LogP contribution in [0.5, 0.6) is 0 Å². The number of aromatic nitrogens is 1. The Bertz CT molecular complexity index is 300. The number of nitrogens with zero attached hydrogens (tertiary/aromatic N) is 4. The Labute approximate surface area is 74.9 Å². The van der Waals surface area contributed by atoms with Gasteiger partial charge in [-0.2, -0.15) is 0 Å². The van der Waals surface area contributed by atoms with E-state index in [4.69, 9.17) is 5.53 Å². The Morgan fingerprint density at radius 3 is 3.00 bits per heavy atom. The average Bonchev–Trinajstić information content (AvgIpc) is 2.47. The van der Waals surface area contributed by atoms with E-state index < -0.39 is 0 Å². The van der Waals surface area contributed by atoms with Crippen LogP contribution in [-0.4, -0.2) is 4.98 Å². The molecule has 0 N–H and O–H groups in total. The van der Waals surface area contributed by atoms with E-state index in [1.54, 1.807) is 16.8 Å². The molecule has 0 bridgehead atoms. The highest BCUT2D eigenvalue weighted by Gasteiger charge is 2.11. The quantitative estimate of drug-likeness (QED) is 0.402. The molecule has 1 aromatic rings. The van der Waals surface area contributed by atoms with Gasteiger partial charge in [-0.25, -0.2) is 4.98 Å². The molecule has 0 aromatic carbocycles. The standard InChI is InChI=1S/C7H10N4S/c1-3-6(10-11-8)7-5(2)9-4-12-7/h4,6H,3H2,1-2H3. The van der Waals surface area contributed by atoms with Crippen molar-refractivity contribution in [3.8, 4) is 0 Å². The second kappa shape index (κ2) is 4.09. The molecule has 1 atom stereocenters. The summed E-state index contributed by atoms with van der Waals surface area (Å²) >= 11 is 1.55. The van der Waals surface area contributed by atoms with Gasteiger partial charge in [0.25, 0.3) is 0 Å². The van der Waals surface area contributed by atoms with Crippen LogP contribution in [-0.2, 0) is 0 Å². The van der Waals surface area contributed by atoms with Crippen LogP contribution in [0.4, 0.5) is 0 Å². The second-order valence-corrected chi connectivity index (χ2v) is 3.32. The molecule has 64 valence electrons. The predicted octanol–water partition coefficient (Wildman–Crippen LogP) is 3.21. The molecule has 0 aliphatic rings. The summed E-state index contributed by atoms with van der Waals surface area (Å²) in [4.78, 5) is 7.99. The van der Waals surface area contributed by atoms with Gasteiger partial charge in [-0.1, -0.05) is 12.0 Å². The van der Waals surface area contributed by atoms with Crippen molar-refractivity contribution in [2.45, 2.75) is 26.3 Å². The van der Waals surface area contributed by atoms with Crippen molar-refractivity contribution in [1.82, 2.24) is 4.98 Å². The number of azide groups is 1. The first-order valence-electron chi connectivity index (χ1n) is 3.73. The second-order valence-electron chi connectivity index (χ2n) is 2.43. The zero-order valence-electron chi connectivity index (χ0n) is 7.06. The Hall–Kier alpha value is -1.06. The molecule has 0 aliphatic heterocycles. The third-order valence-electron chi connectivity index (χ3n) is 1.66. The zero-order valence-corrected chi connectivity index (χ0v) is 7.88. The van der Waals surface area contributed by atoms with Gasteiger partial charge in [-0.15, -0.1) is 11.3 Å². The smallest absolute Gasteiger partial charge is 0.0797 e. The topological polar surface area (TPSA) is 61.7 Å². The van der Waals surface area contributed by atoms with Gasteiger partial charge in [0.15, 0.2) is 0 Å². The van der Waals surface area contributed by atoms with Crippen LogP contribution in [0.1, 0.15) is 30.0 Å². The van der Waals surface area contributed by atoms with E-state index in [9.17, 15) is 0 Å². The molecular weight excluding hydrogens is 172 g/mol. The minimum atomic E-state index is -0.0394. The van der Waals surface area contributed by atoms with Gasteiger partial charge in [-0.05, 0) is 18.9 Å². The SMILES string of the molecule is CCC(N=[N+]=[N-])c1scnc1C. The Balaban J connectivity index is 2.93.